The number of aliphatic hydroxyl groups is 6. The van der Waals surface area contributed by atoms with Gasteiger partial charge >= 0.3 is 0 Å². The molecule has 2 saturated carbocycles. The number of fused-ring (bicyclic) bond motifs is 6. The van der Waals surface area contributed by atoms with E-state index in [9.17, 15) is 79.2 Å². The van der Waals surface area contributed by atoms with E-state index in [0.717, 1.165) is 0 Å². The minimum atomic E-state index is -2.73. The Balaban J connectivity index is 0.000000269. The van der Waals surface area contributed by atoms with Gasteiger partial charge in [-0.15, -0.1) is 0 Å². The number of phenolic OH excluding ortho intramolecular Hbond substituents is 2. The number of carbonyl (C=O) groups excluding carboxylic acids is 8. The number of hydrogen-bond donors (Lipinski definition) is 14. The van der Waals surface area contributed by atoms with Gasteiger partial charge in [0.15, 0.2) is 22.8 Å². The summed E-state index contributed by atoms with van der Waals surface area (Å²) in [5, 5.41) is 103. The number of aliphatic hydroxyl groups excluding tert-OH is 4. The molecule has 0 aromatic heterocycles. The molecule has 2 aromatic carbocycles. The van der Waals surface area contributed by atoms with E-state index < -0.39 is 139 Å². The first-order valence-electron chi connectivity index (χ1n) is 27.2. The van der Waals surface area contributed by atoms with E-state index in [0.29, 0.717) is 22.5 Å². The molecule has 8 atom stereocenters. The lowest BCUT2D eigenvalue weighted by Gasteiger charge is -2.50. The second kappa shape index (κ2) is 23.2. The molecule has 0 unspecified atom stereocenters. The number of benzene rings is 2. The van der Waals surface area contributed by atoms with Crippen molar-refractivity contribution in [2.75, 3.05) is 89.9 Å². The molecule has 2 fully saturated rings. The predicted octanol–water partition coefficient (Wildman–Crippen LogP) is -0.111. The first-order valence-corrected chi connectivity index (χ1v) is 27.2. The normalized spacial score (nSPS) is 25.4. The number of hydrogen-bond acceptors (Lipinski definition) is 22. The van der Waals surface area contributed by atoms with Crippen LogP contribution in [0.1, 0.15) is 76.6 Å². The summed E-state index contributed by atoms with van der Waals surface area (Å²) in [6, 6.07) is 0.818. The van der Waals surface area contributed by atoms with Crippen LogP contribution >= 0.6 is 0 Å². The number of nitrogens with two attached hydrogens (primary N) is 2. The van der Waals surface area contributed by atoms with Crippen LogP contribution < -0.4 is 42.5 Å². The number of Topliss-reactive ketones (excluding diaryl/α,β-unsaturated/α-hetero) is 4. The molecule has 464 valence electrons. The average molecular weight is 1190 g/mol. The topological polar surface area (TPSA) is 443 Å². The Kier molecular flexibility index (Phi) is 18.0. The maximum absolute atomic E-state index is 14.0. The molecular weight excluding hydrogens is 1110 g/mol. The highest BCUT2D eigenvalue weighted by Crippen LogP contribution is 2.57. The summed E-state index contributed by atoms with van der Waals surface area (Å²) < 4.78 is 0. The van der Waals surface area contributed by atoms with E-state index >= 15 is 0 Å². The molecule has 6 aliphatic rings. The highest BCUT2D eigenvalue weighted by Gasteiger charge is 2.66. The minimum absolute atomic E-state index is 0. The molecule has 4 amide bonds. The zero-order chi connectivity index (χ0) is 63.3. The lowest BCUT2D eigenvalue weighted by atomic mass is 9.57. The van der Waals surface area contributed by atoms with Crippen molar-refractivity contribution in [2.24, 2.45) is 35.1 Å². The van der Waals surface area contributed by atoms with Crippen molar-refractivity contribution in [2.45, 2.75) is 102 Å². The average Bonchev–Trinajstić information content (AvgIpc) is 0.732. The molecule has 0 saturated heterocycles. The van der Waals surface area contributed by atoms with Crippen molar-refractivity contribution in [3.8, 4) is 11.5 Å². The maximum atomic E-state index is 14.0. The Morgan fingerprint density at radius 3 is 1.13 bits per heavy atom. The third-order valence-corrected chi connectivity index (χ3v) is 16.5. The summed E-state index contributed by atoms with van der Waals surface area (Å²) in [4.78, 5) is 111. The number of carbonyl (C=O) groups is 8. The number of phenols is 2. The SMILES string of the molecule is CN(C)c1cc(NC(=O)CNC(C)(C)C)c(O)c2c1C[C@H]1C[C@H]3[C@H](N(C)C)C(=O)C(C(N)=O)=C(O)[C@@]3(O)C(=O)C1=C2O.CN(C)c1cc(NC(=O)CNC(C)(C)C)c(O)c2c1C[C@H]1C[C@H]3[C@H](N(C)C)C(=O)C(C(N)=O)=C(O)[C@@]3(O)C(=O)C1=C2O.O. The first-order chi connectivity index (χ1) is 38.6. The van der Waals surface area contributed by atoms with Crippen LogP contribution in [0.15, 0.2) is 45.9 Å². The van der Waals surface area contributed by atoms with Gasteiger partial charge in [0, 0.05) is 73.6 Å². The van der Waals surface area contributed by atoms with Gasteiger partial charge in [-0.1, -0.05) is 0 Å². The van der Waals surface area contributed by atoms with Gasteiger partial charge in [-0.3, -0.25) is 48.2 Å². The zero-order valence-corrected chi connectivity index (χ0v) is 50.1. The highest BCUT2D eigenvalue weighted by molar-refractivity contribution is 6.26. The number of nitrogens with one attached hydrogen (secondary N) is 4. The largest absolute Gasteiger partial charge is 0.508 e. The van der Waals surface area contributed by atoms with E-state index in [1.54, 1.807) is 78.3 Å². The molecule has 27 heteroatoms. The molecule has 18 N–H and O–H groups in total. The number of ketones is 4. The van der Waals surface area contributed by atoms with Crippen LogP contribution in [0.2, 0.25) is 0 Å². The van der Waals surface area contributed by atoms with Crippen molar-refractivity contribution in [1.82, 2.24) is 20.4 Å². The summed E-state index contributed by atoms with van der Waals surface area (Å²) in [5.41, 5.74) is 4.23. The second-order valence-electron chi connectivity index (χ2n) is 25.3. The minimum Gasteiger partial charge on any atom is -0.508 e. The van der Waals surface area contributed by atoms with Gasteiger partial charge < -0.3 is 88.9 Å². The monoisotopic (exact) mass is 1190 g/mol. The Bertz CT molecular complexity index is 3130. The summed E-state index contributed by atoms with van der Waals surface area (Å²) in [7, 11) is 13.2. The van der Waals surface area contributed by atoms with E-state index in [4.69, 9.17) is 11.5 Å². The number of nitrogens with zero attached hydrogens (tertiary/aromatic N) is 4. The van der Waals surface area contributed by atoms with Crippen LogP contribution in [-0.2, 0) is 51.2 Å². The van der Waals surface area contributed by atoms with Crippen LogP contribution in [0.5, 0.6) is 11.5 Å². The van der Waals surface area contributed by atoms with Gasteiger partial charge in [0.05, 0.1) is 47.7 Å². The predicted molar refractivity (Wildman–Crippen MR) is 314 cm³/mol. The Morgan fingerprint density at radius 1 is 0.565 bits per heavy atom. The molecule has 0 heterocycles. The fourth-order valence-corrected chi connectivity index (χ4v) is 12.7. The number of primary amides is 2. The van der Waals surface area contributed by atoms with E-state index in [2.05, 4.69) is 21.3 Å². The number of likely N-dealkylation sites (N-methyl/N-ethyl adjacent to an activating group) is 2. The third-order valence-electron chi connectivity index (χ3n) is 16.5. The highest BCUT2D eigenvalue weighted by atomic mass is 16.4. The van der Waals surface area contributed by atoms with Crippen molar-refractivity contribution < 1.29 is 84.7 Å². The standard InChI is InChI=1S/2C29H39N5O8.H2O/c2*1-28(2,3)31-11-17(35)32-15-10-16(33(4)5)13-8-12-9-14-21(34(6)7)24(38)20(27(30)41)26(40)29(14,42)25(39)18(12)23(37)19(13)22(15)36;/h2*10,12,14,21,31,36-37,40,42H,8-9,11H2,1-7H3,(H2,30,41)(H,32,35);1H2/t2*12-,14-,21-,29-;/m00./s1. The summed E-state index contributed by atoms with van der Waals surface area (Å²) >= 11 is 0. The molecule has 8 rings (SSSR count). The molecule has 2 aromatic rings. The fraction of sp³-hybridized carbons (Fsp3) is 0.517. The second-order valence-corrected chi connectivity index (χ2v) is 25.3. The molecule has 0 radical (unpaired) electrons. The Hall–Kier alpha value is -7.92. The zero-order valence-electron chi connectivity index (χ0n) is 50.1. The smallest absolute Gasteiger partial charge is 0.255 e. The number of anilines is 4. The number of amides is 4. The van der Waals surface area contributed by atoms with Gasteiger partial charge in [0.25, 0.3) is 11.8 Å². The van der Waals surface area contributed by atoms with E-state index in [1.165, 1.54) is 9.80 Å². The van der Waals surface area contributed by atoms with Crippen LogP contribution in [0, 0.1) is 23.7 Å². The van der Waals surface area contributed by atoms with E-state index in [1.807, 2.05) is 41.5 Å². The summed E-state index contributed by atoms with van der Waals surface area (Å²) in [6.07, 6.45) is 0.234. The van der Waals surface area contributed by atoms with Gasteiger partial charge in [0.2, 0.25) is 23.4 Å². The van der Waals surface area contributed by atoms with Gasteiger partial charge in [-0.2, -0.15) is 0 Å². The summed E-state index contributed by atoms with van der Waals surface area (Å²) in [6.45, 7) is 11.2. The maximum Gasteiger partial charge on any atom is 0.255 e. The van der Waals surface area contributed by atoms with Crippen molar-refractivity contribution in [3.05, 3.63) is 68.2 Å². The van der Waals surface area contributed by atoms with Crippen LogP contribution in [0.25, 0.3) is 11.5 Å². The van der Waals surface area contributed by atoms with E-state index in [-0.39, 0.29) is 89.0 Å². The fourth-order valence-electron chi connectivity index (χ4n) is 12.7. The van der Waals surface area contributed by atoms with Gasteiger partial charge in [-0.25, -0.2) is 0 Å². The van der Waals surface area contributed by atoms with Gasteiger partial charge in [0.1, 0.15) is 45.7 Å². The first kappa shape index (κ1) is 66.2. The molecule has 0 spiro atoms. The molecule has 85 heavy (non-hydrogen) atoms. The third kappa shape index (κ3) is 11.3. The number of aromatic hydroxyl groups is 2. The molecule has 0 aliphatic heterocycles. The van der Waals surface area contributed by atoms with Crippen molar-refractivity contribution >= 4 is 81.0 Å². The molecule has 6 aliphatic carbocycles. The lowest BCUT2D eigenvalue weighted by molar-refractivity contribution is -0.155. The Labute approximate surface area is 491 Å². The quantitative estimate of drug-likeness (QED) is 0.0974. The van der Waals surface area contributed by atoms with Crippen LogP contribution in [-0.4, -0.2) is 207 Å². The molecule has 0 bridgehead atoms. The molecule has 27 nitrogen and oxygen atoms in total. The molecular formula is C58H80N10O17. The summed E-state index contributed by atoms with van der Waals surface area (Å²) in [5.74, 6) is -15.6. The van der Waals surface area contributed by atoms with Crippen LogP contribution in [0.3, 0.4) is 0 Å². The number of rotatable bonds is 12. The van der Waals surface area contributed by atoms with Crippen molar-refractivity contribution in [3.63, 3.8) is 0 Å². The lowest BCUT2D eigenvalue weighted by Crippen LogP contribution is -2.65. The van der Waals surface area contributed by atoms with Gasteiger partial charge in [-0.05, 0) is 131 Å². The van der Waals surface area contributed by atoms with Crippen LogP contribution in [0.4, 0.5) is 22.7 Å². The van der Waals surface area contributed by atoms with Crippen molar-refractivity contribution in [1.29, 1.82) is 0 Å². The Morgan fingerprint density at radius 2 is 0.871 bits per heavy atom.